The monoisotopic (exact) mass is 279 g/mol. The zero-order chi connectivity index (χ0) is 13.7. The van der Waals surface area contributed by atoms with Crippen LogP contribution in [0, 0.1) is 0 Å². The third-order valence-electron chi connectivity index (χ3n) is 2.32. The first-order valence-corrected chi connectivity index (χ1v) is 5.77. The normalized spacial score (nSPS) is 10.7. The number of rotatable bonds is 5. The van der Waals surface area contributed by atoms with Gasteiger partial charge in [-0.1, -0.05) is 0 Å². The Morgan fingerprint density at radius 1 is 1.56 bits per heavy atom. The van der Waals surface area contributed by atoms with E-state index in [0.29, 0.717) is 5.56 Å². The van der Waals surface area contributed by atoms with Gasteiger partial charge in [0.2, 0.25) is 0 Å². The third-order valence-corrected chi connectivity index (χ3v) is 2.61. The number of aromatic amines is 1. The summed E-state index contributed by atoms with van der Waals surface area (Å²) < 4.78 is 30.3. The van der Waals surface area contributed by atoms with Crippen LogP contribution in [0.25, 0.3) is 0 Å². The number of ether oxygens (including phenoxy) is 1. The van der Waals surface area contributed by atoms with Gasteiger partial charge in [-0.15, -0.1) is 11.6 Å². The highest BCUT2D eigenvalue weighted by Crippen LogP contribution is 2.23. The van der Waals surface area contributed by atoms with Gasteiger partial charge in [0.25, 0.3) is 12.0 Å². The van der Waals surface area contributed by atoms with Crippen molar-refractivity contribution in [2.24, 2.45) is 0 Å². The molecule has 0 unspecified atom stereocenters. The van der Waals surface area contributed by atoms with Gasteiger partial charge in [0, 0.05) is 12.1 Å². The molecule has 1 rings (SSSR count). The number of halogens is 3. The van der Waals surface area contributed by atoms with Crippen LogP contribution >= 0.6 is 11.6 Å². The molecule has 100 valence electrons. The molecule has 1 heterocycles. The average molecular weight is 280 g/mol. The Morgan fingerprint density at radius 2 is 2.22 bits per heavy atom. The highest BCUT2D eigenvalue weighted by Gasteiger charge is 2.22. The zero-order valence-electron chi connectivity index (χ0n) is 9.63. The molecule has 1 aromatic rings. The van der Waals surface area contributed by atoms with Crippen molar-refractivity contribution in [3.05, 3.63) is 33.2 Å². The van der Waals surface area contributed by atoms with Crippen molar-refractivity contribution >= 4 is 17.6 Å². The Balaban J connectivity index is 3.24. The Labute approximate surface area is 107 Å². The maximum Gasteiger partial charge on any atom is 0.310 e. The Morgan fingerprint density at radius 3 is 2.72 bits per heavy atom. The summed E-state index contributed by atoms with van der Waals surface area (Å²) in [5.41, 5.74) is -1.40. The van der Waals surface area contributed by atoms with Crippen LogP contribution in [-0.2, 0) is 21.8 Å². The van der Waals surface area contributed by atoms with Gasteiger partial charge in [-0.25, -0.2) is 8.78 Å². The molecule has 0 amide bonds. The summed E-state index contributed by atoms with van der Waals surface area (Å²) in [7, 11) is 0. The number of H-pyrrole nitrogens is 1. The molecule has 0 radical (unpaired) electrons. The summed E-state index contributed by atoms with van der Waals surface area (Å²) in [5, 5.41) is 0. The summed E-state index contributed by atoms with van der Waals surface area (Å²) in [5.74, 6) is -0.748. The van der Waals surface area contributed by atoms with E-state index in [1.54, 1.807) is 6.92 Å². The number of hydrogen-bond donors (Lipinski definition) is 1. The van der Waals surface area contributed by atoms with E-state index in [4.69, 9.17) is 11.6 Å². The smallest absolute Gasteiger partial charge is 0.310 e. The molecular formula is C11H12ClF2NO3. The summed E-state index contributed by atoms with van der Waals surface area (Å²) >= 11 is 5.60. The summed E-state index contributed by atoms with van der Waals surface area (Å²) in [6, 6.07) is 0. The highest BCUT2D eigenvalue weighted by molar-refractivity contribution is 6.17. The SMILES string of the molecule is CCOC(=O)Cc1c(CCl)c[nH]c(=O)c1C(F)F. The second kappa shape index (κ2) is 6.49. The molecule has 0 saturated carbocycles. The maximum atomic E-state index is 12.8. The summed E-state index contributed by atoms with van der Waals surface area (Å²) in [4.78, 5) is 24.9. The molecule has 0 fully saturated rings. The van der Waals surface area contributed by atoms with Crippen molar-refractivity contribution in [3.63, 3.8) is 0 Å². The highest BCUT2D eigenvalue weighted by atomic mass is 35.5. The predicted octanol–water partition coefficient (Wildman–Crippen LogP) is 2.16. The number of hydrogen-bond acceptors (Lipinski definition) is 3. The Hall–Kier alpha value is -1.43. The van der Waals surface area contributed by atoms with E-state index in [0.717, 1.165) is 0 Å². The Kier molecular flexibility index (Phi) is 5.27. The first-order valence-electron chi connectivity index (χ1n) is 5.24. The fourth-order valence-electron chi connectivity index (χ4n) is 1.54. The number of carbonyl (C=O) groups is 1. The van der Waals surface area contributed by atoms with Gasteiger partial charge in [0.15, 0.2) is 0 Å². The molecule has 7 heteroatoms. The molecule has 0 spiro atoms. The van der Waals surface area contributed by atoms with Crippen molar-refractivity contribution < 1.29 is 18.3 Å². The molecule has 0 saturated heterocycles. The van der Waals surface area contributed by atoms with Gasteiger partial charge in [0.1, 0.15) is 0 Å². The lowest BCUT2D eigenvalue weighted by Gasteiger charge is -2.11. The quantitative estimate of drug-likeness (QED) is 0.664. The van der Waals surface area contributed by atoms with Gasteiger partial charge in [-0.2, -0.15) is 0 Å². The number of pyridine rings is 1. The van der Waals surface area contributed by atoms with Gasteiger partial charge >= 0.3 is 5.97 Å². The number of aromatic nitrogens is 1. The lowest BCUT2D eigenvalue weighted by Crippen LogP contribution is -2.20. The van der Waals surface area contributed by atoms with Crippen molar-refractivity contribution in [1.82, 2.24) is 4.98 Å². The van der Waals surface area contributed by atoms with Crippen LogP contribution in [0.1, 0.15) is 30.0 Å². The van der Waals surface area contributed by atoms with Gasteiger partial charge in [0.05, 0.1) is 18.6 Å². The fraction of sp³-hybridized carbons (Fsp3) is 0.455. The number of esters is 1. The van der Waals surface area contributed by atoms with Crippen molar-refractivity contribution in [1.29, 1.82) is 0 Å². The standard InChI is InChI=1S/C11H12ClF2NO3/c1-2-18-8(16)3-7-6(4-12)5-15-11(17)9(7)10(13)14/h5,10H,2-4H2,1H3,(H,15,17). The minimum absolute atomic E-state index is 0.0535. The van der Waals surface area contributed by atoms with Crippen LogP contribution in [0.4, 0.5) is 8.78 Å². The molecule has 0 aromatic carbocycles. The molecule has 0 aliphatic heterocycles. The van der Waals surface area contributed by atoms with E-state index in [1.807, 2.05) is 0 Å². The molecule has 4 nitrogen and oxygen atoms in total. The van der Waals surface area contributed by atoms with E-state index >= 15 is 0 Å². The van der Waals surface area contributed by atoms with Crippen molar-refractivity contribution in [2.45, 2.75) is 25.7 Å². The van der Waals surface area contributed by atoms with Crippen LogP contribution in [-0.4, -0.2) is 17.6 Å². The van der Waals surface area contributed by atoms with Crippen LogP contribution in [0.5, 0.6) is 0 Å². The number of nitrogens with one attached hydrogen (secondary N) is 1. The maximum absolute atomic E-state index is 12.8. The number of carbonyl (C=O) groups excluding carboxylic acids is 1. The zero-order valence-corrected chi connectivity index (χ0v) is 10.4. The summed E-state index contributed by atoms with van der Waals surface area (Å²) in [6.07, 6.45) is -2.13. The summed E-state index contributed by atoms with van der Waals surface area (Å²) in [6.45, 7) is 1.74. The van der Waals surface area contributed by atoms with Gasteiger partial charge in [-0.05, 0) is 18.1 Å². The van der Waals surface area contributed by atoms with Crippen molar-refractivity contribution in [2.75, 3.05) is 6.61 Å². The largest absolute Gasteiger partial charge is 0.466 e. The van der Waals surface area contributed by atoms with Gasteiger partial charge in [-0.3, -0.25) is 9.59 Å². The van der Waals surface area contributed by atoms with E-state index in [-0.39, 0.29) is 24.5 Å². The predicted molar refractivity (Wildman–Crippen MR) is 61.9 cm³/mol. The van der Waals surface area contributed by atoms with Crippen LogP contribution in [0.2, 0.25) is 0 Å². The van der Waals surface area contributed by atoms with E-state index in [2.05, 4.69) is 9.72 Å². The first-order chi connectivity index (χ1) is 8.51. The van der Waals surface area contributed by atoms with Crippen LogP contribution in [0.15, 0.2) is 11.0 Å². The topological polar surface area (TPSA) is 59.2 Å². The molecular weight excluding hydrogens is 268 g/mol. The van der Waals surface area contributed by atoms with E-state index < -0.39 is 23.5 Å². The lowest BCUT2D eigenvalue weighted by atomic mass is 10.0. The second-order valence-electron chi connectivity index (χ2n) is 3.45. The molecule has 0 aliphatic rings. The van der Waals surface area contributed by atoms with E-state index in [9.17, 15) is 18.4 Å². The Bertz CT molecular complexity index is 488. The fourth-order valence-corrected chi connectivity index (χ4v) is 1.78. The minimum atomic E-state index is -2.97. The van der Waals surface area contributed by atoms with Crippen LogP contribution in [0.3, 0.4) is 0 Å². The van der Waals surface area contributed by atoms with Gasteiger partial charge < -0.3 is 9.72 Å². The molecule has 0 aliphatic carbocycles. The first kappa shape index (κ1) is 14.6. The van der Waals surface area contributed by atoms with E-state index in [1.165, 1.54) is 6.20 Å². The second-order valence-corrected chi connectivity index (χ2v) is 3.72. The molecule has 0 bridgehead atoms. The molecule has 0 atom stereocenters. The van der Waals surface area contributed by atoms with Crippen LogP contribution < -0.4 is 5.56 Å². The number of alkyl halides is 3. The average Bonchev–Trinajstić information content (AvgIpc) is 2.29. The molecule has 1 aromatic heterocycles. The van der Waals surface area contributed by atoms with Crippen molar-refractivity contribution in [3.8, 4) is 0 Å². The molecule has 18 heavy (non-hydrogen) atoms. The molecule has 1 N–H and O–H groups in total. The lowest BCUT2D eigenvalue weighted by molar-refractivity contribution is -0.142. The third kappa shape index (κ3) is 3.29. The minimum Gasteiger partial charge on any atom is -0.466 e.